The van der Waals surface area contributed by atoms with Gasteiger partial charge >= 0.3 is 6.61 Å². The molecule has 2 aromatic carbocycles. The molecule has 0 heterocycles. The molecule has 0 unspecified atom stereocenters. The van der Waals surface area contributed by atoms with E-state index < -0.39 is 6.61 Å². The van der Waals surface area contributed by atoms with E-state index in [1.54, 1.807) is 24.1 Å². The number of benzene rings is 2. The fraction of sp³-hybridized carbons (Fsp3) is 0.278. The van der Waals surface area contributed by atoms with Crippen molar-refractivity contribution in [2.45, 2.75) is 20.1 Å². The maximum absolute atomic E-state index is 12.2. The van der Waals surface area contributed by atoms with Gasteiger partial charge in [-0.1, -0.05) is 24.3 Å². The third-order valence-corrected chi connectivity index (χ3v) is 3.62. The normalized spacial score (nSPS) is 10.5. The second-order valence-electron chi connectivity index (χ2n) is 5.43. The zero-order valence-electron chi connectivity index (χ0n) is 13.6. The number of carbonyl (C=O) groups excluding carboxylic acids is 1. The maximum atomic E-state index is 12.2. The summed E-state index contributed by atoms with van der Waals surface area (Å²) in [5.41, 5.74) is 2.90. The van der Waals surface area contributed by atoms with Gasteiger partial charge in [0.1, 0.15) is 5.75 Å². The standard InChI is InChI=1S/C18H20F2N2O2/c1-13-5-3-4-6-14(13)12-22(2)17(23)11-21-15-7-9-16(10-8-15)24-18(19)20/h3-10,18,21H,11-12H2,1-2H3. The first-order chi connectivity index (χ1) is 11.5. The number of nitrogens with zero attached hydrogens (tertiary/aromatic N) is 1. The Hall–Kier alpha value is -2.63. The van der Waals surface area contributed by atoms with Crippen molar-refractivity contribution in [3.63, 3.8) is 0 Å². The molecule has 0 spiro atoms. The number of hydrogen-bond acceptors (Lipinski definition) is 3. The highest BCUT2D eigenvalue weighted by Crippen LogP contribution is 2.17. The fourth-order valence-corrected chi connectivity index (χ4v) is 2.20. The third kappa shape index (κ3) is 5.22. The molecule has 0 aliphatic heterocycles. The Morgan fingerprint density at radius 3 is 2.46 bits per heavy atom. The molecule has 0 saturated carbocycles. The summed E-state index contributed by atoms with van der Waals surface area (Å²) in [6.45, 7) is -0.179. The van der Waals surface area contributed by atoms with Gasteiger partial charge in [-0.3, -0.25) is 4.79 Å². The highest BCUT2D eigenvalue weighted by atomic mass is 19.3. The van der Waals surface area contributed by atoms with E-state index >= 15 is 0 Å². The van der Waals surface area contributed by atoms with E-state index in [4.69, 9.17) is 0 Å². The zero-order chi connectivity index (χ0) is 17.5. The molecule has 0 radical (unpaired) electrons. The fourth-order valence-electron chi connectivity index (χ4n) is 2.20. The molecular formula is C18H20F2N2O2. The van der Waals surface area contributed by atoms with Gasteiger partial charge in [-0.05, 0) is 42.3 Å². The van der Waals surface area contributed by atoms with E-state index in [0.717, 1.165) is 11.1 Å². The van der Waals surface area contributed by atoms with E-state index in [1.165, 1.54) is 12.1 Å². The summed E-state index contributed by atoms with van der Waals surface area (Å²) in [5.74, 6) is 0.0182. The first kappa shape index (κ1) is 17.7. The first-order valence-corrected chi connectivity index (χ1v) is 7.53. The second kappa shape index (κ2) is 8.29. The number of amides is 1. The monoisotopic (exact) mass is 334 g/mol. The Balaban J connectivity index is 1.85. The van der Waals surface area contributed by atoms with E-state index in [2.05, 4.69) is 10.1 Å². The SMILES string of the molecule is Cc1ccccc1CN(C)C(=O)CNc1ccc(OC(F)F)cc1. The summed E-state index contributed by atoms with van der Waals surface area (Å²) in [6, 6.07) is 13.9. The number of likely N-dealkylation sites (N-methyl/N-ethyl adjacent to an activating group) is 1. The first-order valence-electron chi connectivity index (χ1n) is 7.53. The summed E-state index contributed by atoms with van der Waals surface area (Å²) in [5, 5.41) is 2.97. The summed E-state index contributed by atoms with van der Waals surface area (Å²) >= 11 is 0. The van der Waals surface area contributed by atoms with E-state index in [0.29, 0.717) is 12.2 Å². The lowest BCUT2D eigenvalue weighted by Crippen LogP contribution is -2.31. The molecule has 2 rings (SSSR count). The Morgan fingerprint density at radius 1 is 1.17 bits per heavy atom. The third-order valence-electron chi connectivity index (χ3n) is 3.62. The van der Waals surface area contributed by atoms with E-state index in [9.17, 15) is 13.6 Å². The number of aryl methyl sites for hydroxylation is 1. The molecule has 4 nitrogen and oxygen atoms in total. The number of hydrogen-bond donors (Lipinski definition) is 1. The molecule has 2 aromatic rings. The lowest BCUT2D eigenvalue weighted by Gasteiger charge is -2.19. The van der Waals surface area contributed by atoms with Crippen LogP contribution in [0.15, 0.2) is 48.5 Å². The second-order valence-corrected chi connectivity index (χ2v) is 5.43. The van der Waals surface area contributed by atoms with Gasteiger partial charge in [-0.25, -0.2) is 0 Å². The van der Waals surface area contributed by atoms with Gasteiger partial charge in [-0.2, -0.15) is 8.78 Å². The average Bonchev–Trinajstić information content (AvgIpc) is 2.55. The van der Waals surface area contributed by atoms with Crippen LogP contribution >= 0.6 is 0 Å². The van der Waals surface area contributed by atoms with Crippen LogP contribution in [0.2, 0.25) is 0 Å². The Kier molecular flexibility index (Phi) is 6.12. The largest absolute Gasteiger partial charge is 0.435 e. The summed E-state index contributed by atoms with van der Waals surface area (Å²) in [6.07, 6.45) is 0. The number of alkyl halides is 2. The van der Waals surface area contributed by atoms with Gasteiger partial charge in [0.15, 0.2) is 0 Å². The van der Waals surface area contributed by atoms with Gasteiger partial charge in [0.2, 0.25) is 5.91 Å². The minimum absolute atomic E-state index is 0.0637. The molecule has 0 aromatic heterocycles. The Morgan fingerprint density at radius 2 is 1.83 bits per heavy atom. The maximum Gasteiger partial charge on any atom is 0.387 e. The van der Waals surface area contributed by atoms with Crippen LogP contribution in [0.25, 0.3) is 0 Å². The van der Waals surface area contributed by atoms with Crippen molar-refractivity contribution < 1.29 is 18.3 Å². The minimum atomic E-state index is -2.85. The van der Waals surface area contributed by atoms with Crippen LogP contribution in [0.5, 0.6) is 5.75 Å². The predicted molar refractivity (Wildman–Crippen MR) is 89.2 cm³/mol. The van der Waals surface area contributed by atoms with Crippen molar-refractivity contribution in [1.29, 1.82) is 0 Å². The van der Waals surface area contributed by atoms with Crippen LogP contribution in [0.3, 0.4) is 0 Å². The van der Waals surface area contributed by atoms with Gasteiger partial charge in [0.05, 0.1) is 6.54 Å². The van der Waals surface area contributed by atoms with Crippen LogP contribution in [0.1, 0.15) is 11.1 Å². The molecule has 0 atom stereocenters. The zero-order valence-corrected chi connectivity index (χ0v) is 13.6. The van der Waals surface area contributed by atoms with Crippen LogP contribution in [0.4, 0.5) is 14.5 Å². The van der Waals surface area contributed by atoms with Crippen molar-refractivity contribution in [2.75, 3.05) is 18.9 Å². The highest BCUT2D eigenvalue weighted by Gasteiger charge is 2.10. The quantitative estimate of drug-likeness (QED) is 0.840. The number of nitrogens with one attached hydrogen (secondary N) is 1. The number of rotatable bonds is 7. The topological polar surface area (TPSA) is 41.6 Å². The number of anilines is 1. The molecule has 0 fully saturated rings. The molecule has 1 N–H and O–H groups in total. The molecule has 0 aliphatic rings. The van der Waals surface area contributed by atoms with E-state index in [-0.39, 0.29) is 18.2 Å². The average molecular weight is 334 g/mol. The van der Waals surface area contributed by atoms with Crippen LogP contribution in [0, 0.1) is 6.92 Å². The van der Waals surface area contributed by atoms with Crippen molar-refractivity contribution in [2.24, 2.45) is 0 Å². The van der Waals surface area contributed by atoms with Crippen molar-refractivity contribution in [3.8, 4) is 5.75 Å². The van der Waals surface area contributed by atoms with Crippen LogP contribution in [-0.4, -0.2) is 31.0 Å². The van der Waals surface area contributed by atoms with Crippen LogP contribution < -0.4 is 10.1 Å². The molecule has 0 saturated heterocycles. The number of halogens is 2. The van der Waals surface area contributed by atoms with Gasteiger partial charge in [0.25, 0.3) is 0 Å². The lowest BCUT2D eigenvalue weighted by atomic mass is 10.1. The molecule has 128 valence electrons. The van der Waals surface area contributed by atoms with Crippen molar-refractivity contribution in [3.05, 3.63) is 59.7 Å². The molecular weight excluding hydrogens is 314 g/mol. The summed E-state index contributed by atoms with van der Waals surface area (Å²) < 4.78 is 28.4. The molecule has 0 bridgehead atoms. The molecule has 6 heteroatoms. The number of ether oxygens (including phenoxy) is 1. The van der Waals surface area contributed by atoms with Gasteiger partial charge < -0.3 is 15.0 Å². The van der Waals surface area contributed by atoms with Crippen molar-refractivity contribution in [1.82, 2.24) is 4.90 Å². The smallest absolute Gasteiger partial charge is 0.387 e. The Labute approximate surface area is 140 Å². The van der Waals surface area contributed by atoms with Crippen LogP contribution in [-0.2, 0) is 11.3 Å². The number of carbonyl (C=O) groups is 1. The summed E-state index contributed by atoms with van der Waals surface area (Å²) in [4.78, 5) is 13.8. The molecule has 0 aliphatic carbocycles. The van der Waals surface area contributed by atoms with Gasteiger partial charge in [-0.15, -0.1) is 0 Å². The van der Waals surface area contributed by atoms with E-state index in [1.807, 2.05) is 31.2 Å². The van der Waals surface area contributed by atoms with Gasteiger partial charge in [0, 0.05) is 19.3 Å². The lowest BCUT2D eigenvalue weighted by molar-refractivity contribution is -0.128. The predicted octanol–water partition coefficient (Wildman–Crippen LogP) is 3.67. The molecule has 1 amide bonds. The minimum Gasteiger partial charge on any atom is -0.435 e. The Bertz CT molecular complexity index is 675. The van der Waals surface area contributed by atoms with Crippen molar-refractivity contribution >= 4 is 11.6 Å². The highest BCUT2D eigenvalue weighted by molar-refractivity contribution is 5.80. The summed E-state index contributed by atoms with van der Waals surface area (Å²) in [7, 11) is 1.75. The molecule has 24 heavy (non-hydrogen) atoms.